The Hall–Kier alpha value is -4.50. The van der Waals surface area contributed by atoms with Crippen LogP contribution in [-0.4, -0.2) is 14.2 Å². The van der Waals surface area contributed by atoms with Gasteiger partial charge in [0.25, 0.3) is 0 Å². The summed E-state index contributed by atoms with van der Waals surface area (Å²) >= 11 is 0. The molecule has 278 valence electrons. The third-order valence-corrected chi connectivity index (χ3v) is 13.3. The molecule has 0 spiro atoms. The maximum atomic E-state index is 7.34. The Morgan fingerprint density at radius 2 is 1.17 bits per heavy atom. The minimum absolute atomic E-state index is 0.319. The van der Waals surface area contributed by atoms with Crippen molar-refractivity contribution in [3.05, 3.63) is 130 Å². The number of ether oxygens (including phenoxy) is 2. The van der Waals surface area contributed by atoms with Gasteiger partial charge in [0.1, 0.15) is 34.5 Å². The maximum Gasteiger partial charge on any atom is 0.326 e. The Morgan fingerprint density at radius 3 is 1.81 bits per heavy atom. The minimum atomic E-state index is -1.54. The summed E-state index contributed by atoms with van der Waals surface area (Å²) in [5.74, 6) is 4.75. The fraction of sp³-hybridized carbons (Fsp3) is 0.304. The number of benzene rings is 4. The molecule has 0 N–H and O–H groups in total. The zero-order chi connectivity index (χ0) is 37.8. The van der Waals surface area contributed by atoms with Crippen LogP contribution in [0.25, 0.3) is 22.3 Å². The molecule has 4 aliphatic rings. The summed E-state index contributed by atoms with van der Waals surface area (Å²) in [5.41, 5.74) is 7.79. The molecule has 2 unspecified atom stereocenters. The monoisotopic (exact) mass is 758 g/mol. The fourth-order valence-electron chi connectivity index (χ4n) is 7.47. The normalized spacial score (nSPS) is 18.8. The zero-order valence-electron chi connectivity index (χ0n) is 32.4. The first-order chi connectivity index (χ1) is 25.9. The molecule has 2 atom stereocenters. The van der Waals surface area contributed by atoms with Gasteiger partial charge >= 0.3 is 16.8 Å². The lowest BCUT2D eigenvalue weighted by molar-refractivity contribution is 0.389. The van der Waals surface area contributed by atoms with E-state index in [9.17, 15) is 0 Å². The molecule has 0 aromatic heterocycles. The topological polar surface area (TPSA) is 55.4 Å². The summed E-state index contributed by atoms with van der Waals surface area (Å²) < 4.78 is 40.4. The lowest BCUT2D eigenvalue weighted by Crippen LogP contribution is -2.21. The Labute approximate surface area is 322 Å². The van der Waals surface area contributed by atoms with Crippen LogP contribution in [0.2, 0.25) is 0 Å². The van der Waals surface area contributed by atoms with Gasteiger partial charge in [0.2, 0.25) is 0 Å². The quantitative estimate of drug-likeness (QED) is 0.175. The van der Waals surface area contributed by atoms with Crippen molar-refractivity contribution in [3.63, 3.8) is 0 Å². The van der Waals surface area contributed by atoms with E-state index in [4.69, 9.17) is 27.6 Å². The highest BCUT2D eigenvalue weighted by Gasteiger charge is 2.38. The Bertz CT molecular complexity index is 2250. The predicted octanol–water partition coefficient (Wildman–Crippen LogP) is 12.9. The summed E-state index contributed by atoms with van der Waals surface area (Å²) in [6, 6.07) is 25.1. The minimum Gasteiger partial charge on any atom is -0.497 e. The second-order valence-corrected chi connectivity index (χ2v) is 18.8. The Morgan fingerprint density at radius 1 is 0.593 bits per heavy atom. The molecule has 0 saturated heterocycles. The van der Waals surface area contributed by atoms with Crippen LogP contribution in [0.5, 0.6) is 28.7 Å². The van der Waals surface area contributed by atoms with Crippen molar-refractivity contribution in [2.45, 2.75) is 78.1 Å². The molecule has 0 saturated carbocycles. The molecule has 2 aliphatic carbocycles. The van der Waals surface area contributed by atoms with Crippen LogP contribution >= 0.6 is 16.8 Å². The van der Waals surface area contributed by atoms with E-state index < -0.39 is 16.8 Å². The molecule has 4 aromatic carbocycles. The first-order valence-corrected chi connectivity index (χ1v) is 21.1. The molecule has 54 heavy (non-hydrogen) atoms. The largest absolute Gasteiger partial charge is 0.497 e. The van der Waals surface area contributed by atoms with Crippen LogP contribution in [0.15, 0.2) is 108 Å². The molecular formula is C46H48O6P2. The molecular weight excluding hydrogens is 710 g/mol. The molecule has 8 rings (SSSR count). The number of methoxy groups -OCH3 is 2. The standard InChI is InChI=1S/C46H48O6P2/c1-45(2,3)37-27-29(47-7)25-35(43(37)51-53-41-23-15-11-19-33(41)31-17-9-13-21-39(31)49-53)36-26-30(48-8)28-38(46(4,5)6)44(36)52-54-42-24-16-12-20-34(42)32-18-10-14-22-40(32)50-54/h9-11,14-19,22-28H,12-13,20-21H2,1-8H3. The van der Waals surface area contributed by atoms with Crippen molar-refractivity contribution in [1.82, 2.24) is 0 Å². The van der Waals surface area contributed by atoms with E-state index in [1.165, 1.54) is 5.57 Å². The molecule has 8 heteroatoms. The number of para-hydroxylation sites is 1. The van der Waals surface area contributed by atoms with Crippen molar-refractivity contribution in [1.29, 1.82) is 0 Å². The lowest BCUT2D eigenvalue weighted by Gasteiger charge is -2.34. The van der Waals surface area contributed by atoms with E-state index in [0.29, 0.717) is 0 Å². The summed E-state index contributed by atoms with van der Waals surface area (Å²) in [5, 5.41) is 2.16. The summed E-state index contributed by atoms with van der Waals surface area (Å²) in [6.45, 7) is 13.2. The van der Waals surface area contributed by atoms with E-state index in [-0.39, 0.29) is 10.8 Å². The van der Waals surface area contributed by atoms with Crippen LogP contribution in [0.3, 0.4) is 0 Å². The SMILES string of the molecule is COc1cc(-c2cc(OC)cc(C(C)(C)C)c2OP2OC3=C(C=CCC3)c3ccccc32)c(OP2Oc3ccccc3C3=C2C=CCC3)c(C(C)(C)C)c1. The number of rotatable bonds is 7. The smallest absolute Gasteiger partial charge is 0.326 e. The second-order valence-electron chi connectivity index (χ2n) is 16.1. The van der Waals surface area contributed by atoms with Crippen molar-refractivity contribution in [3.8, 4) is 39.9 Å². The van der Waals surface area contributed by atoms with Crippen LogP contribution in [0.4, 0.5) is 0 Å². The number of allylic oxidation sites excluding steroid dienone is 8. The van der Waals surface area contributed by atoms with Gasteiger partial charge in [-0.15, -0.1) is 0 Å². The van der Waals surface area contributed by atoms with Gasteiger partial charge in [-0.2, -0.15) is 0 Å². The summed E-state index contributed by atoms with van der Waals surface area (Å²) in [6.07, 6.45) is 12.5. The van der Waals surface area contributed by atoms with Crippen LogP contribution in [-0.2, 0) is 15.4 Å². The number of hydrogen-bond acceptors (Lipinski definition) is 6. The number of hydrogen-bond donors (Lipinski definition) is 0. The van der Waals surface area contributed by atoms with Crippen molar-refractivity contribution in [2.24, 2.45) is 0 Å². The van der Waals surface area contributed by atoms with Crippen molar-refractivity contribution in [2.75, 3.05) is 14.2 Å². The average molecular weight is 759 g/mol. The lowest BCUT2D eigenvalue weighted by atomic mass is 9.81. The van der Waals surface area contributed by atoms with Gasteiger partial charge in [0, 0.05) is 39.8 Å². The van der Waals surface area contributed by atoms with Gasteiger partial charge in [-0.25, -0.2) is 0 Å². The van der Waals surface area contributed by atoms with Crippen molar-refractivity contribution >= 4 is 33.2 Å². The molecule has 2 aliphatic heterocycles. The highest BCUT2D eigenvalue weighted by Crippen LogP contribution is 2.61. The van der Waals surface area contributed by atoms with Gasteiger partial charge in [-0.05, 0) is 77.6 Å². The highest BCUT2D eigenvalue weighted by atomic mass is 31.2. The Kier molecular flexibility index (Phi) is 9.65. The first-order valence-electron chi connectivity index (χ1n) is 18.7. The molecule has 0 radical (unpaired) electrons. The van der Waals surface area contributed by atoms with E-state index in [1.54, 1.807) is 14.2 Å². The average Bonchev–Trinajstić information content (AvgIpc) is 3.17. The van der Waals surface area contributed by atoms with E-state index in [2.05, 4.69) is 127 Å². The summed E-state index contributed by atoms with van der Waals surface area (Å²) in [7, 11) is 0.346. The van der Waals surface area contributed by atoms with Gasteiger partial charge in [-0.3, -0.25) is 0 Å². The van der Waals surface area contributed by atoms with E-state index in [1.807, 2.05) is 12.1 Å². The molecule has 0 fully saturated rings. The third kappa shape index (κ3) is 6.73. The second kappa shape index (κ2) is 14.3. The predicted molar refractivity (Wildman–Crippen MR) is 222 cm³/mol. The molecule has 6 nitrogen and oxygen atoms in total. The first kappa shape index (κ1) is 36.5. The van der Waals surface area contributed by atoms with Crippen LogP contribution < -0.4 is 28.3 Å². The van der Waals surface area contributed by atoms with Crippen LogP contribution in [0, 0.1) is 0 Å². The van der Waals surface area contributed by atoms with Gasteiger partial charge in [0.15, 0.2) is 0 Å². The highest BCUT2D eigenvalue weighted by molar-refractivity contribution is 7.56. The Balaban J connectivity index is 1.35. The molecule has 2 heterocycles. The van der Waals surface area contributed by atoms with Crippen molar-refractivity contribution < 1.29 is 27.6 Å². The summed E-state index contributed by atoms with van der Waals surface area (Å²) in [4.78, 5) is 0. The number of fused-ring (bicyclic) bond motifs is 4. The van der Waals surface area contributed by atoms with Gasteiger partial charge in [-0.1, -0.05) is 102 Å². The third-order valence-electron chi connectivity index (χ3n) is 10.3. The van der Waals surface area contributed by atoms with Crippen LogP contribution in [0.1, 0.15) is 89.5 Å². The maximum absolute atomic E-state index is 7.34. The van der Waals surface area contributed by atoms with E-state index >= 15 is 0 Å². The van der Waals surface area contributed by atoms with Gasteiger partial charge < -0.3 is 27.6 Å². The molecule has 4 aromatic rings. The van der Waals surface area contributed by atoms with Gasteiger partial charge in [0.05, 0.1) is 24.8 Å². The zero-order valence-corrected chi connectivity index (χ0v) is 34.2. The molecule has 0 amide bonds. The van der Waals surface area contributed by atoms with E-state index in [0.717, 1.165) is 110 Å². The fourth-order valence-corrected chi connectivity index (χ4v) is 10.7. The molecule has 0 bridgehead atoms.